The number of amides is 2. The molecule has 0 aliphatic rings. The predicted octanol–water partition coefficient (Wildman–Crippen LogP) is 3.62. The van der Waals surface area contributed by atoms with E-state index in [1.807, 2.05) is 31.7 Å². The molecule has 2 aromatic heterocycles. The molecule has 0 fully saturated rings. The lowest BCUT2D eigenvalue weighted by Gasteiger charge is -2.04. The predicted molar refractivity (Wildman–Crippen MR) is 96.4 cm³/mol. The third-order valence-electron chi connectivity index (χ3n) is 2.97. The number of thioether (sulfide) groups is 1. The van der Waals surface area contributed by atoms with Crippen molar-refractivity contribution in [2.75, 3.05) is 11.6 Å². The number of anilines is 1. The Morgan fingerprint density at radius 3 is 2.57 bits per heavy atom. The van der Waals surface area contributed by atoms with Gasteiger partial charge in [-0.2, -0.15) is 0 Å². The molecule has 0 unspecified atom stereocenters. The van der Waals surface area contributed by atoms with Crippen LogP contribution in [0, 0.1) is 13.8 Å². The second-order valence-electron chi connectivity index (χ2n) is 4.68. The molecule has 23 heavy (non-hydrogen) atoms. The largest absolute Gasteiger partial charge is 0.334 e. The minimum atomic E-state index is -3.87. The van der Waals surface area contributed by atoms with E-state index >= 15 is 0 Å². The van der Waals surface area contributed by atoms with Crippen LogP contribution in [0.15, 0.2) is 14.5 Å². The number of thiazole rings is 1. The number of nitrogens with zero attached hydrogens (tertiary/aromatic N) is 1. The summed E-state index contributed by atoms with van der Waals surface area (Å²) >= 11 is 4.01. The highest BCUT2D eigenvalue weighted by Gasteiger charge is 2.22. The third-order valence-corrected chi connectivity index (χ3v) is 8.44. The van der Waals surface area contributed by atoms with E-state index in [2.05, 4.69) is 10.3 Å². The number of carbonyl (C=O) groups is 1. The van der Waals surface area contributed by atoms with Gasteiger partial charge in [-0.3, -0.25) is 5.32 Å². The number of aryl methyl sites for hydroxylation is 3. The van der Waals surface area contributed by atoms with Crippen LogP contribution in [0.25, 0.3) is 0 Å². The van der Waals surface area contributed by atoms with Gasteiger partial charge in [-0.15, -0.1) is 23.1 Å². The Hall–Kier alpha value is -1.10. The molecule has 0 aliphatic carbocycles. The third kappa shape index (κ3) is 4.25. The van der Waals surface area contributed by atoms with E-state index in [-0.39, 0.29) is 4.21 Å². The van der Waals surface area contributed by atoms with E-state index in [1.54, 1.807) is 6.07 Å². The number of thiophene rings is 1. The first-order chi connectivity index (χ1) is 10.8. The summed E-state index contributed by atoms with van der Waals surface area (Å²) in [6, 6.07) is 0.772. The van der Waals surface area contributed by atoms with E-state index in [0.29, 0.717) is 5.13 Å². The summed E-state index contributed by atoms with van der Waals surface area (Å²) in [7, 11) is -3.87. The molecule has 0 saturated carbocycles. The second-order valence-corrected chi connectivity index (χ2v) is 9.80. The number of carbonyl (C=O) groups excluding carboxylic acids is 1. The standard InChI is InChI=1S/C13H17N3O3S4/c1-5-9-7(2)6-10(21-9)23(18,19)16-12(17)15-13-14-8(3)11(20-4)22-13/h6H,5H2,1-4H3,(H2,14,15,16,17). The highest BCUT2D eigenvalue weighted by molar-refractivity contribution is 8.00. The highest BCUT2D eigenvalue weighted by Crippen LogP contribution is 2.30. The number of hydrogen-bond acceptors (Lipinski definition) is 7. The zero-order valence-electron chi connectivity index (χ0n) is 13.1. The fourth-order valence-electron chi connectivity index (χ4n) is 1.89. The Bertz CT molecular complexity index is 824. The van der Waals surface area contributed by atoms with Crippen LogP contribution < -0.4 is 10.0 Å². The maximum atomic E-state index is 12.3. The summed E-state index contributed by atoms with van der Waals surface area (Å²) in [5.41, 5.74) is 1.72. The van der Waals surface area contributed by atoms with Gasteiger partial charge in [0.1, 0.15) is 4.21 Å². The zero-order chi connectivity index (χ0) is 17.2. The normalized spacial score (nSPS) is 11.5. The quantitative estimate of drug-likeness (QED) is 0.760. The molecule has 2 N–H and O–H groups in total. The molecule has 0 spiro atoms. The van der Waals surface area contributed by atoms with E-state index in [0.717, 1.165) is 26.8 Å². The number of urea groups is 1. The Morgan fingerprint density at radius 2 is 2.04 bits per heavy atom. The van der Waals surface area contributed by atoms with Gasteiger partial charge in [0, 0.05) is 4.88 Å². The van der Waals surface area contributed by atoms with E-state index in [4.69, 9.17) is 0 Å². The molecule has 0 atom stereocenters. The summed E-state index contributed by atoms with van der Waals surface area (Å²) in [4.78, 5) is 17.1. The molecule has 0 saturated heterocycles. The van der Waals surface area contributed by atoms with Gasteiger partial charge in [0.2, 0.25) is 0 Å². The van der Waals surface area contributed by atoms with Gasteiger partial charge in [-0.25, -0.2) is 22.9 Å². The van der Waals surface area contributed by atoms with Crippen LogP contribution in [0.5, 0.6) is 0 Å². The van der Waals surface area contributed by atoms with Gasteiger partial charge in [0.15, 0.2) is 5.13 Å². The summed E-state index contributed by atoms with van der Waals surface area (Å²) in [6.45, 7) is 5.66. The van der Waals surface area contributed by atoms with Gasteiger partial charge in [0.25, 0.3) is 10.0 Å². The molecule has 0 radical (unpaired) electrons. The molecule has 6 nitrogen and oxygen atoms in total. The monoisotopic (exact) mass is 391 g/mol. The van der Waals surface area contributed by atoms with E-state index in [1.165, 1.54) is 34.4 Å². The summed E-state index contributed by atoms with van der Waals surface area (Å²) in [5.74, 6) is 0. The first kappa shape index (κ1) is 18.2. The molecule has 10 heteroatoms. The Labute approximate surface area is 147 Å². The fraction of sp³-hybridized carbons (Fsp3) is 0.385. The van der Waals surface area contributed by atoms with Gasteiger partial charge < -0.3 is 0 Å². The van der Waals surface area contributed by atoms with Crippen LogP contribution in [0.2, 0.25) is 0 Å². The number of hydrogen-bond donors (Lipinski definition) is 2. The molecule has 0 bridgehead atoms. The number of sulfonamides is 1. The smallest absolute Gasteiger partial charge is 0.283 e. The zero-order valence-corrected chi connectivity index (χ0v) is 16.4. The average molecular weight is 392 g/mol. The molecular formula is C13H17N3O3S4. The van der Waals surface area contributed by atoms with Crippen molar-refractivity contribution >= 4 is 55.6 Å². The lowest BCUT2D eigenvalue weighted by Crippen LogP contribution is -2.33. The summed E-state index contributed by atoms with van der Waals surface area (Å²) in [5, 5.41) is 2.84. The first-order valence-corrected chi connectivity index (χ1v) is 11.1. The molecule has 2 rings (SSSR count). The lowest BCUT2D eigenvalue weighted by molar-refractivity contribution is 0.256. The maximum Gasteiger partial charge on any atom is 0.334 e. The minimum Gasteiger partial charge on any atom is -0.283 e. The number of aromatic nitrogens is 1. The van der Waals surface area contributed by atoms with Crippen molar-refractivity contribution in [3.8, 4) is 0 Å². The molecule has 126 valence electrons. The Morgan fingerprint density at radius 1 is 1.35 bits per heavy atom. The van der Waals surface area contributed by atoms with Crippen LogP contribution in [-0.4, -0.2) is 25.7 Å². The summed E-state index contributed by atoms with van der Waals surface area (Å²) in [6.07, 6.45) is 2.67. The van der Waals surface area contributed by atoms with Crippen molar-refractivity contribution in [3.63, 3.8) is 0 Å². The topological polar surface area (TPSA) is 88.2 Å². The molecule has 0 aromatic carbocycles. The number of nitrogens with one attached hydrogen (secondary N) is 2. The highest BCUT2D eigenvalue weighted by atomic mass is 32.2. The Kier molecular flexibility index (Phi) is 5.71. The summed E-state index contributed by atoms with van der Waals surface area (Å²) < 4.78 is 27.7. The van der Waals surface area contributed by atoms with Crippen molar-refractivity contribution < 1.29 is 13.2 Å². The van der Waals surface area contributed by atoms with E-state index < -0.39 is 16.1 Å². The lowest BCUT2D eigenvalue weighted by atomic mass is 10.2. The average Bonchev–Trinajstić information content (AvgIpc) is 3.01. The van der Waals surface area contributed by atoms with Crippen molar-refractivity contribution in [2.24, 2.45) is 0 Å². The number of rotatable bonds is 5. The van der Waals surface area contributed by atoms with Crippen molar-refractivity contribution in [2.45, 2.75) is 35.6 Å². The molecule has 0 aliphatic heterocycles. The molecule has 2 amide bonds. The van der Waals surface area contributed by atoms with Gasteiger partial charge in [-0.1, -0.05) is 18.3 Å². The van der Waals surface area contributed by atoms with Crippen LogP contribution in [0.3, 0.4) is 0 Å². The van der Waals surface area contributed by atoms with Gasteiger partial charge in [-0.05, 0) is 38.2 Å². The van der Waals surface area contributed by atoms with Crippen LogP contribution in [0.4, 0.5) is 9.93 Å². The van der Waals surface area contributed by atoms with Crippen molar-refractivity contribution in [1.82, 2.24) is 9.71 Å². The van der Waals surface area contributed by atoms with Crippen LogP contribution >= 0.6 is 34.4 Å². The van der Waals surface area contributed by atoms with Crippen molar-refractivity contribution in [1.29, 1.82) is 0 Å². The van der Waals surface area contributed by atoms with Gasteiger partial charge >= 0.3 is 6.03 Å². The van der Waals surface area contributed by atoms with Crippen LogP contribution in [0.1, 0.15) is 23.1 Å². The molecule has 2 heterocycles. The van der Waals surface area contributed by atoms with Crippen LogP contribution in [-0.2, 0) is 16.4 Å². The SMILES string of the molecule is CCc1sc(S(=O)(=O)NC(=O)Nc2nc(C)c(SC)s2)cc1C. The Balaban J connectivity index is 2.11. The first-order valence-electron chi connectivity index (χ1n) is 6.71. The maximum absolute atomic E-state index is 12.3. The van der Waals surface area contributed by atoms with Crippen molar-refractivity contribution in [3.05, 3.63) is 22.2 Å². The van der Waals surface area contributed by atoms with E-state index in [9.17, 15) is 13.2 Å². The van der Waals surface area contributed by atoms with Gasteiger partial charge in [0.05, 0.1) is 9.90 Å². The fourth-order valence-corrected chi connectivity index (χ4v) is 5.93. The molecular weight excluding hydrogens is 374 g/mol. The minimum absolute atomic E-state index is 0.141. The molecule has 2 aromatic rings. The second kappa shape index (κ2) is 7.20.